The molecule has 0 saturated carbocycles. The van der Waals surface area contributed by atoms with Crippen molar-refractivity contribution in [2.24, 2.45) is 0 Å². The molecule has 0 aliphatic carbocycles. The molecular formula is C12H14FNO3. The Morgan fingerprint density at radius 2 is 2.29 bits per heavy atom. The van der Waals surface area contributed by atoms with Gasteiger partial charge in [0.05, 0.1) is 6.61 Å². The van der Waals surface area contributed by atoms with E-state index in [2.05, 4.69) is 11.9 Å². The lowest BCUT2D eigenvalue weighted by atomic mass is 10.2. The summed E-state index contributed by atoms with van der Waals surface area (Å²) < 4.78 is 18.1. The van der Waals surface area contributed by atoms with Crippen LogP contribution in [0.2, 0.25) is 0 Å². The average molecular weight is 239 g/mol. The molecule has 0 unspecified atom stereocenters. The number of carbonyl (C=O) groups is 1. The number of hydrogen-bond acceptors (Lipinski definition) is 3. The minimum atomic E-state index is -0.516. The number of rotatable bonds is 6. The van der Waals surface area contributed by atoms with Crippen LogP contribution in [-0.2, 0) is 11.4 Å². The Bertz CT molecular complexity index is 407. The van der Waals surface area contributed by atoms with Crippen LogP contribution < -0.4 is 10.1 Å². The zero-order valence-electron chi connectivity index (χ0n) is 9.28. The van der Waals surface area contributed by atoms with Crippen LogP contribution in [0.3, 0.4) is 0 Å². The fourth-order valence-corrected chi connectivity index (χ4v) is 1.18. The van der Waals surface area contributed by atoms with E-state index >= 15 is 0 Å². The molecule has 0 aliphatic rings. The van der Waals surface area contributed by atoms with Crippen molar-refractivity contribution in [2.45, 2.75) is 6.61 Å². The maximum absolute atomic E-state index is 13.0. The van der Waals surface area contributed by atoms with Gasteiger partial charge in [0, 0.05) is 12.6 Å². The van der Waals surface area contributed by atoms with Gasteiger partial charge in [-0.2, -0.15) is 0 Å². The Labute approximate surface area is 98.7 Å². The van der Waals surface area contributed by atoms with E-state index < -0.39 is 5.82 Å². The maximum atomic E-state index is 13.0. The first-order chi connectivity index (χ1) is 8.15. The highest BCUT2D eigenvalue weighted by Gasteiger charge is 2.04. The van der Waals surface area contributed by atoms with Crippen LogP contribution in [0.1, 0.15) is 5.56 Å². The normalized spacial score (nSPS) is 9.76. The molecule has 0 fully saturated rings. The minimum Gasteiger partial charge on any atom is -0.484 e. The Hall–Kier alpha value is -1.88. The molecule has 0 saturated heterocycles. The first-order valence-electron chi connectivity index (χ1n) is 5.06. The Morgan fingerprint density at radius 3 is 2.94 bits per heavy atom. The van der Waals surface area contributed by atoms with Crippen molar-refractivity contribution >= 4 is 5.91 Å². The molecule has 0 radical (unpaired) electrons. The number of nitrogens with one attached hydrogen (secondary N) is 1. The smallest absolute Gasteiger partial charge is 0.258 e. The van der Waals surface area contributed by atoms with E-state index in [-0.39, 0.29) is 24.9 Å². The molecular weight excluding hydrogens is 225 g/mol. The van der Waals surface area contributed by atoms with Gasteiger partial charge in [-0.25, -0.2) is 4.39 Å². The van der Waals surface area contributed by atoms with Crippen LogP contribution in [0.25, 0.3) is 0 Å². The third-order valence-corrected chi connectivity index (χ3v) is 1.93. The van der Waals surface area contributed by atoms with Crippen LogP contribution in [-0.4, -0.2) is 24.2 Å². The first-order valence-corrected chi connectivity index (χ1v) is 5.06. The summed E-state index contributed by atoms with van der Waals surface area (Å²) in [6.07, 6.45) is 1.55. The first kappa shape index (κ1) is 13.2. The Balaban J connectivity index is 2.53. The van der Waals surface area contributed by atoms with E-state index in [0.717, 1.165) is 6.07 Å². The van der Waals surface area contributed by atoms with Gasteiger partial charge in [-0.3, -0.25) is 4.79 Å². The Kier molecular flexibility index (Phi) is 5.16. The quantitative estimate of drug-likeness (QED) is 0.728. The molecule has 1 aromatic rings. The van der Waals surface area contributed by atoms with Crippen molar-refractivity contribution in [1.29, 1.82) is 0 Å². The van der Waals surface area contributed by atoms with Gasteiger partial charge in [-0.1, -0.05) is 6.08 Å². The van der Waals surface area contributed by atoms with Crippen molar-refractivity contribution in [3.05, 3.63) is 42.2 Å². The highest BCUT2D eigenvalue weighted by Crippen LogP contribution is 2.16. The lowest BCUT2D eigenvalue weighted by Crippen LogP contribution is -2.28. The predicted octanol–water partition coefficient (Wildman–Crippen LogP) is 0.999. The number of aliphatic hydroxyl groups is 1. The molecule has 4 nitrogen and oxygen atoms in total. The summed E-state index contributed by atoms with van der Waals surface area (Å²) in [7, 11) is 0. The molecule has 0 atom stereocenters. The summed E-state index contributed by atoms with van der Waals surface area (Å²) in [5.41, 5.74) is 0.395. The fraction of sp³-hybridized carbons (Fsp3) is 0.250. The monoisotopic (exact) mass is 239 g/mol. The maximum Gasteiger partial charge on any atom is 0.258 e. The molecule has 92 valence electrons. The fourth-order valence-electron chi connectivity index (χ4n) is 1.18. The van der Waals surface area contributed by atoms with E-state index in [1.165, 1.54) is 12.1 Å². The van der Waals surface area contributed by atoms with Gasteiger partial charge in [-0.05, 0) is 17.7 Å². The number of carbonyl (C=O) groups excluding carboxylic acids is 1. The topological polar surface area (TPSA) is 58.6 Å². The van der Waals surface area contributed by atoms with Crippen molar-refractivity contribution < 1.29 is 19.0 Å². The Morgan fingerprint density at radius 1 is 1.53 bits per heavy atom. The third kappa shape index (κ3) is 4.65. The molecule has 2 N–H and O–H groups in total. The van der Waals surface area contributed by atoms with E-state index in [4.69, 9.17) is 9.84 Å². The molecule has 1 rings (SSSR count). The molecule has 17 heavy (non-hydrogen) atoms. The van der Waals surface area contributed by atoms with E-state index in [0.29, 0.717) is 12.1 Å². The molecule has 0 aromatic heterocycles. The number of hydrogen-bond donors (Lipinski definition) is 2. The third-order valence-electron chi connectivity index (χ3n) is 1.93. The van der Waals surface area contributed by atoms with Crippen LogP contribution in [0.5, 0.6) is 5.75 Å². The number of halogens is 1. The summed E-state index contributed by atoms with van der Waals surface area (Å²) in [5.74, 6) is -0.624. The summed E-state index contributed by atoms with van der Waals surface area (Å²) in [6, 6.07) is 3.83. The molecule has 5 heteroatoms. The highest BCUT2D eigenvalue weighted by atomic mass is 19.1. The standard InChI is InChI=1S/C12H14FNO3/c1-2-3-14-12(16)8-17-11-5-9(7-15)4-10(13)6-11/h2,4-6,15H,1,3,7-8H2,(H,14,16). The molecule has 0 aliphatic heterocycles. The SMILES string of the molecule is C=CCNC(=O)COc1cc(F)cc(CO)c1. The number of aliphatic hydroxyl groups excluding tert-OH is 1. The second-order valence-electron chi connectivity index (χ2n) is 3.33. The van der Waals surface area contributed by atoms with Crippen LogP contribution in [0.15, 0.2) is 30.9 Å². The zero-order valence-corrected chi connectivity index (χ0v) is 9.28. The predicted molar refractivity (Wildman–Crippen MR) is 61.0 cm³/mol. The van der Waals surface area contributed by atoms with Gasteiger partial charge < -0.3 is 15.2 Å². The van der Waals surface area contributed by atoms with Gasteiger partial charge in [0.1, 0.15) is 11.6 Å². The number of ether oxygens (including phenoxy) is 1. The number of amides is 1. The zero-order chi connectivity index (χ0) is 12.7. The molecule has 0 heterocycles. The summed E-state index contributed by atoms with van der Waals surface area (Å²) in [4.78, 5) is 11.2. The lowest BCUT2D eigenvalue weighted by molar-refractivity contribution is -0.122. The lowest BCUT2D eigenvalue weighted by Gasteiger charge is -2.07. The van der Waals surface area contributed by atoms with Crippen molar-refractivity contribution in [1.82, 2.24) is 5.32 Å². The van der Waals surface area contributed by atoms with Crippen molar-refractivity contribution in [3.63, 3.8) is 0 Å². The van der Waals surface area contributed by atoms with Gasteiger partial charge in [-0.15, -0.1) is 6.58 Å². The average Bonchev–Trinajstić information content (AvgIpc) is 2.33. The van der Waals surface area contributed by atoms with Crippen molar-refractivity contribution in [3.8, 4) is 5.75 Å². The van der Waals surface area contributed by atoms with Gasteiger partial charge >= 0.3 is 0 Å². The minimum absolute atomic E-state index is 0.206. The largest absolute Gasteiger partial charge is 0.484 e. The molecule has 0 spiro atoms. The van der Waals surface area contributed by atoms with E-state index in [1.807, 2.05) is 0 Å². The summed E-state index contributed by atoms with van der Waals surface area (Å²) in [6.45, 7) is 3.32. The molecule has 1 amide bonds. The van der Waals surface area contributed by atoms with Crippen molar-refractivity contribution in [2.75, 3.05) is 13.2 Å². The van der Waals surface area contributed by atoms with E-state index in [1.54, 1.807) is 6.08 Å². The van der Waals surface area contributed by atoms with Crippen LogP contribution >= 0.6 is 0 Å². The second-order valence-corrected chi connectivity index (χ2v) is 3.33. The number of benzene rings is 1. The van der Waals surface area contributed by atoms with Gasteiger partial charge in [0.2, 0.25) is 0 Å². The van der Waals surface area contributed by atoms with Crippen LogP contribution in [0, 0.1) is 5.82 Å². The van der Waals surface area contributed by atoms with E-state index in [9.17, 15) is 9.18 Å². The molecule has 1 aromatic carbocycles. The highest BCUT2D eigenvalue weighted by molar-refractivity contribution is 5.77. The second kappa shape index (κ2) is 6.65. The molecule has 0 bridgehead atoms. The summed E-state index contributed by atoms with van der Waals surface area (Å²) >= 11 is 0. The van der Waals surface area contributed by atoms with Gasteiger partial charge in [0.25, 0.3) is 5.91 Å². The van der Waals surface area contributed by atoms with Crippen LogP contribution in [0.4, 0.5) is 4.39 Å². The summed E-state index contributed by atoms with van der Waals surface area (Å²) in [5, 5.41) is 11.4. The van der Waals surface area contributed by atoms with Gasteiger partial charge in [0.15, 0.2) is 6.61 Å².